The molecule has 0 aliphatic carbocycles. The summed E-state index contributed by atoms with van der Waals surface area (Å²) in [5, 5.41) is -0.751. The molecule has 0 unspecified atom stereocenters. The molecule has 2 aliphatic rings. The lowest BCUT2D eigenvalue weighted by molar-refractivity contribution is -0.138. The molecule has 2 aromatic rings. The number of hydrogen-bond donors (Lipinski definition) is 1. The molecule has 35 heavy (non-hydrogen) atoms. The van der Waals surface area contributed by atoms with Gasteiger partial charge in [-0.3, -0.25) is 4.79 Å². The Hall–Kier alpha value is -2.40. The third kappa shape index (κ3) is 5.55. The Morgan fingerprint density at radius 1 is 1.11 bits per heavy atom. The number of hydrogen-bond acceptors (Lipinski definition) is 5. The average molecular weight is 509 g/mol. The molecule has 0 bridgehead atoms. The highest BCUT2D eigenvalue weighted by atomic mass is 32.2. The van der Waals surface area contributed by atoms with Gasteiger partial charge in [-0.25, -0.2) is 17.2 Å². The molecule has 2 fully saturated rings. The van der Waals surface area contributed by atoms with E-state index in [1.165, 1.54) is 4.31 Å². The zero-order valence-electron chi connectivity index (χ0n) is 19.5. The Labute approximate surface area is 204 Å². The van der Waals surface area contributed by atoms with Gasteiger partial charge >= 0.3 is 0 Å². The van der Waals surface area contributed by atoms with E-state index in [9.17, 15) is 13.2 Å². The van der Waals surface area contributed by atoms with Crippen LogP contribution < -0.4 is 5.73 Å². The van der Waals surface area contributed by atoms with Gasteiger partial charge in [0.05, 0.1) is 6.10 Å². The predicted molar refractivity (Wildman–Crippen MR) is 126 cm³/mol. The molecular formula is C25H30F2N2O5S. The fourth-order valence-electron chi connectivity index (χ4n) is 4.74. The number of ether oxygens (including phenoxy) is 2. The number of benzene rings is 2. The van der Waals surface area contributed by atoms with Crippen LogP contribution in [-0.4, -0.2) is 44.0 Å². The van der Waals surface area contributed by atoms with Gasteiger partial charge in [0.1, 0.15) is 16.9 Å². The molecule has 0 aromatic heterocycles. The van der Waals surface area contributed by atoms with E-state index in [0.29, 0.717) is 44.5 Å². The summed E-state index contributed by atoms with van der Waals surface area (Å²) in [5.41, 5.74) is 5.69. The minimum Gasteiger partial charge on any atom is -0.381 e. The second kappa shape index (κ2) is 10.7. The number of nitrogens with zero attached hydrogens (tertiary/aromatic N) is 1. The number of nitrogens with two attached hydrogens (primary N) is 1. The largest absolute Gasteiger partial charge is 0.381 e. The quantitative estimate of drug-likeness (QED) is 0.614. The van der Waals surface area contributed by atoms with E-state index in [1.54, 1.807) is 31.2 Å². The van der Waals surface area contributed by atoms with Gasteiger partial charge in [-0.1, -0.05) is 30.3 Å². The summed E-state index contributed by atoms with van der Waals surface area (Å²) in [6, 6.07) is 10.3. The average Bonchev–Trinajstić information content (AvgIpc) is 2.83. The van der Waals surface area contributed by atoms with Crippen molar-refractivity contribution in [3.8, 4) is 0 Å². The van der Waals surface area contributed by atoms with E-state index in [2.05, 4.69) is 0 Å². The van der Waals surface area contributed by atoms with Crippen LogP contribution in [0.25, 0.3) is 0 Å². The molecule has 2 N–H and O–H groups in total. The minimum atomic E-state index is -3.82. The van der Waals surface area contributed by atoms with Gasteiger partial charge in [-0.2, -0.15) is 4.31 Å². The first kappa shape index (κ1) is 25.7. The maximum absolute atomic E-state index is 15.2. The van der Waals surface area contributed by atoms with Gasteiger partial charge in [-0.15, -0.1) is 0 Å². The number of halogens is 2. The molecule has 2 aliphatic heterocycles. The highest BCUT2D eigenvalue weighted by molar-refractivity contribution is 7.89. The van der Waals surface area contributed by atoms with E-state index < -0.39 is 38.9 Å². The number of carbonyl (C=O) groups is 1. The van der Waals surface area contributed by atoms with Crippen LogP contribution in [0, 0.1) is 11.6 Å². The van der Waals surface area contributed by atoms with Gasteiger partial charge in [0, 0.05) is 36.9 Å². The van der Waals surface area contributed by atoms with E-state index in [4.69, 9.17) is 15.2 Å². The number of rotatable bonds is 7. The first-order valence-corrected chi connectivity index (χ1v) is 13.2. The van der Waals surface area contributed by atoms with Gasteiger partial charge in [0.15, 0.2) is 6.10 Å². The first-order valence-electron chi connectivity index (χ1n) is 11.7. The van der Waals surface area contributed by atoms with E-state index >= 15 is 8.78 Å². The fraction of sp³-hybridized carbons (Fsp3) is 0.480. The van der Waals surface area contributed by atoms with Crippen LogP contribution >= 0.6 is 0 Å². The third-order valence-corrected chi connectivity index (χ3v) is 9.10. The lowest BCUT2D eigenvalue weighted by Crippen LogP contribution is -2.44. The van der Waals surface area contributed by atoms with Crippen molar-refractivity contribution in [3.05, 3.63) is 70.8 Å². The van der Waals surface area contributed by atoms with Gasteiger partial charge in [0.2, 0.25) is 10.0 Å². The van der Waals surface area contributed by atoms with Crippen molar-refractivity contribution in [3.63, 3.8) is 0 Å². The van der Waals surface area contributed by atoms with Crippen molar-refractivity contribution in [1.82, 2.24) is 4.31 Å². The van der Waals surface area contributed by atoms with Gasteiger partial charge in [-0.05, 0) is 50.3 Å². The number of amides is 1. The second-order valence-electron chi connectivity index (χ2n) is 9.11. The molecule has 2 saturated heterocycles. The Balaban J connectivity index is 1.59. The monoisotopic (exact) mass is 508 g/mol. The Morgan fingerprint density at radius 3 is 2.46 bits per heavy atom. The molecule has 4 rings (SSSR count). The summed E-state index contributed by atoms with van der Waals surface area (Å²) in [6.45, 7) is 2.32. The smallest absolute Gasteiger partial charge is 0.251 e. The number of sulfonamides is 1. The van der Waals surface area contributed by atoms with E-state index in [1.807, 2.05) is 6.07 Å². The van der Waals surface area contributed by atoms with Gasteiger partial charge < -0.3 is 15.2 Å². The highest BCUT2D eigenvalue weighted by Gasteiger charge is 2.41. The number of carbonyl (C=O) groups excluding carboxylic acids is 1. The van der Waals surface area contributed by atoms with E-state index in [-0.39, 0.29) is 29.8 Å². The maximum Gasteiger partial charge on any atom is 0.251 e. The molecule has 2 aromatic carbocycles. The molecule has 190 valence electrons. The maximum atomic E-state index is 15.2. The van der Waals surface area contributed by atoms with Crippen molar-refractivity contribution < 1.29 is 31.5 Å². The molecule has 3 atom stereocenters. The summed E-state index contributed by atoms with van der Waals surface area (Å²) in [4.78, 5) is 12.0. The molecule has 10 heteroatoms. The summed E-state index contributed by atoms with van der Waals surface area (Å²) in [7, 11) is -3.82. The van der Waals surface area contributed by atoms with E-state index in [0.717, 1.165) is 12.1 Å². The molecule has 0 spiro atoms. The Kier molecular flexibility index (Phi) is 7.85. The molecule has 0 saturated carbocycles. The fourth-order valence-corrected chi connectivity index (χ4v) is 6.93. The SMILES string of the molecule is C[C@H]1CC[C@H](c2ccccc2)S(=O)(=O)N1Cc1cc(F)c([C@H](OC2CCOCC2)C(N)=O)cc1F. The topological polar surface area (TPSA) is 98.9 Å². The lowest BCUT2D eigenvalue weighted by Gasteiger charge is -2.37. The zero-order valence-corrected chi connectivity index (χ0v) is 20.3. The van der Waals surface area contributed by atoms with Gasteiger partial charge in [0.25, 0.3) is 5.91 Å². The normalized spacial score (nSPS) is 24.2. The standard InChI is InChI=1S/C25H30F2N2O5S/c1-16-7-8-23(17-5-3-2-4-6-17)35(31,32)29(16)15-18-13-22(27)20(14-21(18)26)24(25(28)30)34-19-9-11-33-12-10-19/h2-6,13-14,16,19,23-24H,7-12,15H2,1H3,(H2,28,30)/t16-,23+,24-/m0/s1. The van der Waals surface area contributed by atoms with Crippen LogP contribution in [0.3, 0.4) is 0 Å². The van der Waals surface area contributed by atoms with Crippen molar-refractivity contribution >= 4 is 15.9 Å². The van der Waals surface area contributed by atoms with Crippen molar-refractivity contribution in [2.45, 2.75) is 62.7 Å². The molecule has 2 heterocycles. The Bertz CT molecular complexity index is 1160. The molecular weight excluding hydrogens is 478 g/mol. The predicted octanol–water partition coefficient (Wildman–Crippen LogP) is 3.74. The molecule has 7 nitrogen and oxygen atoms in total. The third-order valence-electron chi connectivity index (χ3n) is 6.73. The van der Waals surface area contributed by atoms with Crippen LogP contribution in [0.5, 0.6) is 0 Å². The van der Waals surface area contributed by atoms with Crippen LogP contribution in [0.4, 0.5) is 8.78 Å². The summed E-state index contributed by atoms with van der Waals surface area (Å²) in [6.07, 6.45) is 0.241. The summed E-state index contributed by atoms with van der Waals surface area (Å²) < 4.78 is 69.4. The van der Waals surface area contributed by atoms with Crippen molar-refractivity contribution in [2.75, 3.05) is 13.2 Å². The van der Waals surface area contributed by atoms with Crippen molar-refractivity contribution in [1.29, 1.82) is 0 Å². The highest BCUT2D eigenvalue weighted by Crippen LogP contribution is 2.38. The first-order chi connectivity index (χ1) is 16.7. The van der Waals surface area contributed by atoms with Crippen LogP contribution in [0.2, 0.25) is 0 Å². The van der Waals surface area contributed by atoms with Crippen LogP contribution in [0.15, 0.2) is 42.5 Å². The van der Waals surface area contributed by atoms with Crippen molar-refractivity contribution in [2.24, 2.45) is 5.73 Å². The summed E-state index contributed by atoms with van der Waals surface area (Å²) >= 11 is 0. The Morgan fingerprint density at radius 2 is 1.80 bits per heavy atom. The second-order valence-corrected chi connectivity index (χ2v) is 11.2. The summed E-state index contributed by atoms with van der Waals surface area (Å²) in [5.74, 6) is -2.63. The van der Waals surface area contributed by atoms with Crippen LogP contribution in [0.1, 0.15) is 60.7 Å². The zero-order chi connectivity index (χ0) is 25.2. The lowest BCUT2D eigenvalue weighted by atomic mass is 10.0. The minimum absolute atomic E-state index is 0.121. The molecule has 0 radical (unpaired) electrons. The molecule has 1 amide bonds. The van der Waals surface area contributed by atoms with Crippen LogP contribution in [-0.2, 0) is 30.8 Å². The number of primary amides is 1.